The number of ether oxygens (including phenoxy) is 1. The molecule has 0 fully saturated rings. The fourth-order valence-corrected chi connectivity index (χ4v) is 5.16. The normalized spacial score (nSPS) is 23.6. The van der Waals surface area contributed by atoms with Gasteiger partial charge in [0.25, 0.3) is 15.7 Å². The molecular formula is C25H24N3O4S+. The van der Waals surface area contributed by atoms with E-state index in [-0.39, 0.29) is 18.0 Å². The number of guanidine groups is 1. The minimum atomic E-state index is -3.11. The zero-order valence-electron chi connectivity index (χ0n) is 18.3. The fourth-order valence-electron chi connectivity index (χ4n) is 4.48. The van der Waals surface area contributed by atoms with Gasteiger partial charge in [0.15, 0.2) is 11.5 Å². The monoisotopic (exact) mass is 462 g/mol. The van der Waals surface area contributed by atoms with Crippen LogP contribution in [0.25, 0.3) is 11.1 Å². The lowest BCUT2D eigenvalue weighted by molar-refractivity contribution is -0.132. The van der Waals surface area contributed by atoms with Gasteiger partial charge in [-0.15, -0.1) is 0 Å². The molecule has 33 heavy (non-hydrogen) atoms. The number of benzene rings is 3. The van der Waals surface area contributed by atoms with Crippen LogP contribution in [0.4, 0.5) is 0 Å². The molecular weight excluding hydrogens is 438 g/mol. The van der Waals surface area contributed by atoms with Gasteiger partial charge >= 0.3 is 0 Å². The van der Waals surface area contributed by atoms with Crippen molar-refractivity contribution in [3.05, 3.63) is 83.9 Å². The number of carbonyl (C=O) groups is 1. The summed E-state index contributed by atoms with van der Waals surface area (Å²) in [5.74, 6) is 0.526. The molecule has 0 aliphatic carbocycles. The van der Waals surface area contributed by atoms with Crippen LogP contribution >= 0.6 is 0 Å². The lowest BCUT2D eigenvalue weighted by atomic mass is 9.79. The first-order valence-electron chi connectivity index (χ1n) is 10.5. The molecule has 2 heterocycles. The standard InChI is InChI=1S/C25H23N3O4S/c1-28-23(29)25(27-24(28)26)15-22(16-7-4-3-5-8-16)32-21-12-11-18(14-20(21)25)17-9-6-10-19(13-17)33(2,30)31/h3-14,22H,15H2,1-2H3,(H2,26,27)/p+1. The second-order valence-electron chi connectivity index (χ2n) is 8.46. The number of nitrogens with zero attached hydrogens (tertiary/aromatic N) is 2. The molecule has 0 saturated carbocycles. The second-order valence-corrected chi connectivity index (χ2v) is 10.5. The Morgan fingerprint density at radius 1 is 1.09 bits per heavy atom. The third-order valence-electron chi connectivity index (χ3n) is 6.26. The number of fused-ring (bicyclic) bond motifs is 2. The molecule has 2 aliphatic rings. The number of nitrogens with two attached hydrogens (primary N) is 1. The van der Waals surface area contributed by atoms with E-state index in [9.17, 15) is 13.2 Å². The highest BCUT2D eigenvalue weighted by Crippen LogP contribution is 2.50. The van der Waals surface area contributed by atoms with E-state index in [1.165, 1.54) is 11.2 Å². The topological polar surface area (TPSA) is 106 Å². The molecule has 3 aromatic rings. The number of rotatable bonds is 3. The molecule has 5 rings (SSSR count). The Bertz CT molecular complexity index is 1400. The number of hydrogen-bond acceptors (Lipinski definition) is 5. The van der Waals surface area contributed by atoms with Gasteiger partial charge in [0.1, 0.15) is 16.7 Å². The van der Waals surface area contributed by atoms with Gasteiger partial charge < -0.3 is 10.5 Å². The van der Waals surface area contributed by atoms with E-state index >= 15 is 0 Å². The van der Waals surface area contributed by atoms with Gasteiger partial charge in [-0.2, -0.15) is 4.21 Å². The number of likely N-dealkylation sites (N-methyl/N-ethyl adjacent to an activating group) is 1. The van der Waals surface area contributed by atoms with Crippen molar-refractivity contribution in [3.63, 3.8) is 0 Å². The predicted octanol–water partition coefficient (Wildman–Crippen LogP) is 3.42. The van der Waals surface area contributed by atoms with Gasteiger partial charge in [-0.25, -0.2) is 9.20 Å². The lowest BCUT2D eigenvalue weighted by Gasteiger charge is -2.37. The Labute approximate surface area is 192 Å². The van der Waals surface area contributed by atoms with Crippen molar-refractivity contribution >= 4 is 21.7 Å². The van der Waals surface area contributed by atoms with Crippen molar-refractivity contribution in [1.29, 1.82) is 0 Å². The van der Waals surface area contributed by atoms with Crippen LogP contribution in [0.5, 0.6) is 5.75 Å². The molecule has 3 unspecified atom stereocenters. The van der Waals surface area contributed by atoms with Crippen molar-refractivity contribution in [2.75, 3.05) is 13.3 Å². The summed E-state index contributed by atoms with van der Waals surface area (Å²) >= 11 is 0. The third-order valence-corrected chi connectivity index (χ3v) is 7.39. The highest BCUT2D eigenvalue weighted by molar-refractivity contribution is 7.90. The molecule has 1 amide bonds. The van der Waals surface area contributed by atoms with E-state index in [1.807, 2.05) is 54.6 Å². The minimum absolute atomic E-state index is 0.165. The van der Waals surface area contributed by atoms with E-state index in [0.29, 0.717) is 22.6 Å². The summed E-state index contributed by atoms with van der Waals surface area (Å²) in [6, 6.07) is 22.2. The maximum atomic E-state index is 13.5. The second kappa shape index (κ2) is 7.45. The first kappa shape index (κ1) is 21.2. The lowest BCUT2D eigenvalue weighted by Crippen LogP contribution is -2.43. The molecule has 3 N–H and O–H groups in total. The van der Waals surface area contributed by atoms with Crippen LogP contribution in [0, 0.1) is 0 Å². The maximum Gasteiger partial charge on any atom is 0.299 e. The molecule has 2 aliphatic heterocycles. The number of hydrogen-bond donors (Lipinski definition) is 1. The van der Waals surface area contributed by atoms with Crippen molar-refractivity contribution in [1.82, 2.24) is 4.90 Å². The fraction of sp³-hybridized carbons (Fsp3) is 0.200. The quantitative estimate of drug-likeness (QED) is 0.602. The molecule has 3 aromatic carbocycles. The Balaban J connectivity index is 1.67. The van der Waals surface area contributed by atoms with Crippen LogP contribution in [0.3, 0.4) is 0 Å². The van der Waals surface area contributed by atoms with Crippen molar-refractivity contribution in [3.8, 4) is 16.9 Å². The summed E-state index contributed by atoms with van der Waals surface area (Å²) < 4.78 is 28.5. The van der Waals surface area contributed by atoms with Gasteiger partial charge in [0, 0.05) is 19.0 Å². The average molecular weight is 463 g/mol. The maximum absolute atomic E-state index is 13.5. The van der Waals surface area contributed by atoms with Crippen LogP contribution in [0.15, 0.2) is 82.7 Å². The highest BCUT2D eigenvalue weighted by Gasteiger charge is 2.53. The zero-order valence-corrected chi connectivity index (χ0v) is 19.1. The van der Waals surface area contributed by atoms with E-state index in [4.69, 9.17) is 10.5 Å². The van der Waals surface area contributed by atoms with Gasteiger partial charge in [0.05, 0.1) is 6.26 Å². The summed E-state index contributed by atoms with van der Waals surface area (Å²) in [6.07, 6.45) is 1.24. The number of aliphatic imine (C=N–C) groups is 1. The number of amides is 1. The molecule has 168 valence electrons. The van der Waals surface area contributed by atoms with Gasteiger partial charge in [-0.05, 0) is 41.0 Å². The molecule has 0 aromatic heterocycles. The summed E-state index contributed by atoms with van der Waals surface area (Å²) in [6.45, 7) is 0. The third kappa shape index (κ3) is 3.47. The molecule has 3 atom stereocenters. The minimum Gasteiger partial charge on any atom is -0.485 e. The molecule has 0 saturated heterocycles. The molecule has 1 spiro atoms. The Kier molecular flexibility index (Phi) is 4.79. The van der Waals surface area contributed by atoms with E-state index in [2.05, 4.69) is 4.99 Å². The average Bonchev–Trinajstić information content (AvgIpc) is 3.02. The first-order chi connectivity index (χ1) is 15.7. The van der Waals surface area contributed by atoms with E-state index in [1.54, 1.807) is 25.2 Å². The zero-order chi connectivity index (χ0) is 23.4. The summed E-state index contributed by atoms with van der Waals surface area (Å²) in [7, 11) is -1.49. The Hall–Kier alpha value is -3.65. The van der Waals surface area contributed by atoms with Crippen LogP contribution < -0.4 is 10.5 Å². The van der Waals surface area contributed by atoms with Crippen molar-refractivity contribution in [2.24, 2.45) is 10.7 Å². The van der Waals surface area contributed by atoms with Crippen LogP contribution in [0.1, 0.15) is 23.7 Å². The van der Waals surface area contributed by atoms with Gasteiger partial charge in [-0.3, -0.25) is 9.69 Å². The van der Waals surface area contributed by atoms with Crippen LogP contribution in [-0.4, -0.2) is 38.5 Å². The summed E-state index contributed by atoms with van der Waals surface area (Å²) in [5.41, 5.74) is 8.03. The smallest absolute Gasteiger partial charge is 0.299 e. The number of carbonyl (C=O) groups excluding carboxylic acids is 1. The van der Waals surface area contributed by atoms with Gasteiger partial charge in [0.2, 0.25) is 0 Å². The predicted molar refractivity (Wildman–Crippen MR) is 127 cm³/mol. The van der Waals surface area contributed by atoms with E-state index < -0.39 is 15.4 Å². The van der Waals surface area contributed by atoms with Crippen LogP contribution in [-0.2, 0) is 20.2 Å². The largest absolute Gasteiger partial charge is 0.485 e. The van der Waals surface area contributed by atoms with E-state index in [0.717, 1.165) is 16.7 Å². The highest BCUT2D eigenvalue weighted by atomic mass is 32.2. The Morgan fingerprint density at radius 3 is 2.48 bits per heavy atom. The van der Waals surface area contributed by atoms with Gasteiger partial charge in [-0.1, -0.05) is 48.5 Å². The molecule has 0 radical (unpaired) electrons. The van der Waals surface area contributed by atoms with Crippen molar-refractivity contribution < 1.29 is 17.9 Å². The van der Waals surface area contributed by atoms with Crippen LogP contribution in [0.2, 0.25) is 0 Å². The summed E-state index contributed by atoms with van der Waals surface area (Å²) in [4.78, 5) is 19.8. The molecule has 7 nitrogen and oxygen atoms in total. The molecule has 8 heteroatoms. The summed E-state index contributed by atoms with van der Waals surface area (Å²) in [5, 5.41) is 0. The SMILES string of the molecule is CN1C(=O)C2(CC(c3ccccc3)Oc3ccc(-c4cccc(S(C)(=O)=[OH+])c4)cc32)N=C1N. The molecule has 0 bridgehead atoms. The Morgan fingerprint density at radius 2 is 1.82 bits per heavy atom. The van der Waals surface area contributed by atoms with Crippen molar-refractivity contribution in [2.45, 2.75) is 23.0 Å². The first-order valence-corrected chi connectivity index (χ1v) is 12.4.